The number of nitrogens with one attached hydrogen (secondary N) is 2. The summed E-state index contributed by atoms with van der Waals surface area (Å²) in [6, 6.07) is 10.2. The molecule has 2 aromatic carbocycles. The number of anilines is 2. The fraction of sp³-hybridized carbons (Fsp3) is 0.222. The summed E-state index contributed by atoms with van der Waals surface area (Å²) in [4.78, 5) is 22.7. The number of benzene rings is 2. The average Bonchev–Trinajstić information content (AvgIpc) is 2.51. The van der Waals surface area contributed by atoms with Crippen molar-refractivity contribution in [2.75, 3.05) is 17.7 Å². The summed E-state index contributed by atoms with van der Waals surface area (Å²) in [5.41, 5.74) is 2.73. The van der Waals surface area contributed by atoms with Gasteiger partial charge in [-0.05, 0) is 48.7 Å². The highest BCUT2D eigenvalue weighted by Gasteiger charge is 2.10. The Kier molecular flexibility index (Phi) is 5.42. The second kappa shape index (κ2) is 7.50. The number of phenols is 2. The van der Waals surface area contributed by atoms with Crippen molar-refractivity contribution >= 4 is 23.1 Å². The van der Waals surface area contributed by atoms with E-state index in [0.717, 1.165) is 11.1 Å². The number of carbonyl (C=O) groups excluding carboxylic acids is 2. The van der Waals surface area contributed by atoms with E-state index in [1.165, 1.54) is 13.0 Å². The van der Waals surface area contributed by atoms with Gasteiger partial charge in [0.15, 0.2) is 0 Å². The molecule has 0 radical (unpaired) electrons. The van der Waals surface area contributed by atoms with Crippen molar-refractivity contribution in [1.82, 2.24) is 0 Å². The molecule has 6 heteroatoms. The molecule has 6 nitrogen and oxygen atoms in total. The van der Waals surface area contributed by atoms with E-state index in [1.807, 2.05) is 6.07 Å². The zero-order chi connectivity index (χ0) is 17.7. The Labute approximate surface area is 140 Å². The van der Waals surface area contributed by atoms with Gasteiger partial charge in [-0.3, -0.25) is 9.59 Å². The van der Waals surface area contributed by atoms with E-state index >= 15 is 0 Å². The summed E-state index contributed by atoms with van der Waals surface area (Å²) >= 11 is 0. The molecule has 0 aliphatic carbocycles. The highest BCUT2D eigenvalue weighted by Crippen LogP contribution is 2.28. The third-order valence-electron chi connectivity index (χ3n) is 3.48. The molecule has 24 heavy (non-hydrogen) atoms. The third-order valence-corrected chi connectivity index (χ3v) is 3.48. The summed E-state index contributed by atoms with van der Waals surface area (Å²) in [6.45, 7) is 1.33. The number of Topliss-reactive ketones (excluding diaryl/α,β-unsaturated/α-hetero) is 1. The van der Waals surface area contributed by atoms with Crippen molar-refractivity contribution in [2.24, 2.45) is 0 Å². The normalized spacial score (nSPS) is 10.2. The summed E-state index contributed by atoms with van der Waals surface area (Å²) in [5, 5.41) is 25.0. The maximum atomic E-state index is 11.7. The van der Waals surface area contributed by atoms with E-state index in [9.17, 15) is 19.8 Å². The average molecular weight is 328 g/mol. The molecule has 4 N–H and O–H groups in total. The SMILES string of the molecule is CNc1cc(Cc2ccc(O)c(NC(=O)CC(C)=O)c2)ccc1O. The number of hydrogen-bond donors (Lipinski definition) is 4. The van der Waals surface area contributed by atoms with Crippen LogP contribution in [0.4, 0.5) is 11.4 Å². The van der Waals surface area contributed by atoms with Crippen molar-refractivity contribution < 1.29 is 19.8 Å². The first-order chi connectivity index (χ1) is 11.4. The highest BCUT2D eigenvalue weighted by molar-refractivity contribution is 6.04. The number of carbonyl (C=O) groups is 2. The highest BCUT2D eigenvalue weighted by atomic mass is 16.3. The molecule has 126 valence electrons. The quantitative estimate of drug-likeness (QED) is 0.483. The summed E-state index contributed by atoms with van der Waals surface area (Å²) in [7, 11) is 1.72. The van der Waals surface area contributed by atoms with E-state index in [1.54, 1.807) is 31.3 Å². The molecule has 0 aliphatic heterocycles. The first-order valence-electron chi connectivity index (χ1n) is 7.50. The van der Waals surface area contributed by atoms with Gasteiger partial charge >= 0.3 is 0 Å². The van der Waals surface area contributed by atoms with E-state index in [4.69, 9.17) is 0 Å². The Hall–Kier alpha value is -3.02. The number of ketones is 1. The summed E-state index contributed by atoms with van der Waals surface area (Å²) < 4.78 is 0. The van der Waals surface area contributed by atoms with Gasteiger partial charge in [0.25, 0.3) is 0 Å². The minimum absolute atomic E-state index is 0.0581. The minimum Gasteiger partial charge on any atom is -0.506 e. The first kappa shape index (κ1) is 17.3. The van der Waals surface area contributed by atoms with Gasteiger partial charge in [-0.25, -0.2) is 0 Å². The number of aromatic hydroxyl groups is 2. The van der Waals surface area contributed by atoms with Crippen molar-refractivity contribution in [1.29, 1.82) is 0 Å². The lowest BCUT2D eigenvalue weighted by Gasteiger charge is -2.11. The van der Waals surface area contributed by atoms with Crippen molar-refractivity contribution in [3.05, 3.63) is 47.5 Å². The van der Waals surface area contributed by atoms with Crippen LogP contribution >= 0.6 is 0 Å². The predicted octanol–water partition coefficient (Wildman–Crippen LogP) is 2.65. The second-order valence-corrected chi connectivity index (χ2v) is 5.56. The minimum atomic E-state index is -0.461. The number of rotatable bonds is 6. The van der Waals surface area contributed by atoms with Gasteiger partial charge < -0.3 is 20.8 Å². The number of hydrogen-bond acceptors (Lipinski definition) is 5. The smallest absolute Gasteiger partial charge is 0.231 e. The molecule has 0 spiro atoms. The van der Waals surface area contributed by atoms with Gasteiger partial charge in [0, 0.05) is 7.05 Å². The predicted molar refractivity (Wildman–Crippen MR) is 92.5 cm³/mol. The van der Waals surface area contributed by atoms with Crippen LogP contribution in [0, 0.1) is 0 Å². The lowest BCUT2D eigenvalue weighted by molar-refractivity contribution is -0.124. The monoisotopic (exact) mass is 328 g/mol. The molecule has 0 aliphatic rings. The molecule has 0 bridgehead atoms. The Bertz CT molecular complexity index is 772. The van der Waals surface area contributed by atoms with Crippen LogP contribution in [0.15, 0.2) is 36.4 Å². The molecule has 0 saturated carbocycles. The molecule has 2 aromatic rings. The summed E-state index contributed by atoms with van der Waals surface area (Å²) in [6.07, 6.45) is 0.331. The first-order valence-corrected chi connectivity index (χ1v) is 7.50. The fourth-order valence-corrected chi connectivity index (χ4v) is 2.34. The van der Waals surface area contributed by atoms with Crippen LogP contribution < -0.4 is 10.6 Å². The van der Waals surface area contributed by atoms with Crippen molar-refractivity contribution in [3.63, 3.8) is 0 Å². The Morgan fingerprint density at radius 3 is 2.04 bits per heavy atom. The Balaban J connectivity index is 2.18. The molecule has 0 unspecified atom stereocenters. The van der Waals surface area contributed by atoms with Gasteiger partial charge in [0.05, 0.1) is 17.8 Å². The Morgan fingerprint density at radius 2 is 1.50 bits per heavy atom. The van der Waals surface area contributed by atoms with Gasteiger partial charge in [-0.15, -0.1) is 0 Å². The molecular weight excluding hydrogens is 308 g/mol. The Morgan fingerprint density at radius 1 is 0.958 bits per heavy atom. The van der Waals surface area contributed by atoms with Gasteiger partial charge in [-0.2, -0.15) is 0 Å². The van der Waals surface area contributed by atoms with E-state index in [2.05, 4.69) is 10.6 Å². The third kappa shape index (κ3) is 4.49. The standard InChI is InChI=1S/C18H20N2O4/c1-11(21)7-18(24)20-15-10-13(4-6-17(15)23)8-12-3-5-16(22)14(9-12)19-2/h3-6,9-10,19,22-23H,7-8H2,1-2H3,(H,20,24). The molecule has 2 rings (SSSR count). The molecule has 0 atom stereocenters. The van der Waals surface area contributed by atoms with Crippen molar-refractivity contribution in [2.45, 2.75) is 19.8 Å². The topological polar surface area (TPSA) is 98.7 Å². The molecule has 0 saturated heterocycles. The van der Waals surface area contributed by atoms with Gasteiger partial charge in [0.1, 0.15) is 17.3 Å². The van der Waals surface area contributed by atoms with E-state index in [-0.39, 0.29) is 29.4 Å². The zero-order valence-electron chi connectivity index (χ0n) is 13.6. The lowest BCUT2D eigenvalue weighted by Crippen LogP contribution is -2.15. The number of amides is 1. The maximum Gasteiger partial charge on any atom is 0.231 e. The fourth-order valence-electron chi connectivity index (χ4n) is 2.34. The van der Waals surface area contributed by atoms with Gasteiger partial charge in [0.2, 0.25) is 5.91 Å². The van der Waals surface area contributed by atoms with Crippen LogP contribution in [0.2, 0.25) is 0 Å². The van der Waals surface area contributed by atoms with Crippen LogP contribution in [-0.4, -0.2) is 29.0 Å². The van der Waals surface area contributed by atoms with Crippen LogP contribution in [0.3, 0.4) is 0 Å². The van der Waals surface area contributed by atoms with Crippen molar-refractivity contribution in [3.8, 4) is 11.5 Å². The number of phenolic OH excluding ortho intramolecular Hbond substituents is 2. The zero-order valence-corrected chi connectivity index (χ0v) is 13.6. The molecule has 0 heterocycles. The molecule has 0 fully saturated rings. The molecular formula is C18H20N2O4. The van der Waals surface area contributed by atoms with E-state index < -0.39 is 5.91 Å². The van der Waals surface area contributed by atoms with Crippen LogP contribution in [0.25, 0.3) is 0 Å². The van der Waals surface area contributed by atoms with E-state index in [0.29, 0.717) is 12.1 Å². The maximum absolute atomic E-state index is 11.7. The second-order valence-electron chi connectivity index (χ2n) is 5.56. The van der Waals surface area contributed by atoms with Crippen LogP contribution in [0.5, 0.6) is 11.5 Å². The lowest BCUT2D eigenvalue weighted by atomic mass is 10.0. The van der Waals surface area contributed by atoms with Crippen LogP contribution in [0.1, 0.15) is 24.5 Å². The largest absolute Gasteiger partial charge is 0.506 e. The summed E-state index contributed by atoms with van der Waals surface area (Å²) in [5.74, 6) is -0.592. The molecule has 0 aromatic heterocycles. The van der Waals surface area contributed by atoms with Crippen LogP contribution in [-0.2, 0) is 16.0 Å². The molecule has 1 amide bonds. The van der Waals surface area contributed by atoms with Gasteiger partial charge in [-0.1, -0.05) is 12.1 Å².